The van der Waals surface area contributed by atoms with Crippen molar-refractivity contribution >= 4 is 17.9 Å². The standard InChI is InChI=1S/C13H20N2O4/c1-7(10-4-5-10)6-14-13(19)15-11(16)8(2)9(3)12(17)18/h7,10H,4-6H2,1-3H3,(H,17,18)(H2,14,15,16,19). The second-order valence-electron chi connectivity index (χ2n) is 5.03. The summed E-state index contributed by atoms with van der Waals surface area (Å²) >= 11 is 0. The summed E-state index contributed by atoms with van der Waals surface area (Å²) in [5.41, 5.74) is -0.0467. The van der Waals surface area contributed by atoms with Crippen LogP contribution in [0.15, 0.2) is 11.1 Å². The van der Waals surface area contributed by atoms with Gasteiger partial charge in [-0.3, -0.25) is 10.1 Å². The summed E-state index contributed by atoms with van der Waals surface area (Å²) in [6.07, 6.45) is 2.39. The first-order valence-electron chi connectivity index (χ1n) is 6.32. The molecule has 19 heavy (non-hydrogen) atoms. The third-order valence-corrected chi connectivity index (χ3v) is 3.46. The monoisotopic (exact) mass is 268 g/mol. The van der Waals surface area contributed by atoms with E-state index >= 15 is 0 Å². The van der Waals surface area contributed by atoms with Crippen molar-refractivity contribution in [2.75, 3.05) is 6.54 Å². The van der Waals surface area contributed by atoms with E-state index in [1.807, 2.05) is 0 Å². The molecule has 0 spiro atoms. The van der Waals surface area contributed by atoms with Gasteiger partial charge in [-0.05, 0) is 38.5 Å². The fourth-order valence-corrected chi connectivity index (χ4v) is 1.66. The summed E-state index contributed by atoms with van der Waals surface area (Å²) in [4.78, 5) is 33.8. The molecular weight excluding hydrogens is 248 g/mol. The van der Waals surface area contributed by atoms with Crippen LogP contribution in [-0.2, 0) is 9.59 Å². The number of amides is 3. The highest BCUT2D eigenvalue weighted by Gasteiger charge is 2.28. The van der Waals surface area contributed by atoms with Crippen LogP contribution in [0.4, 0.5) is 4.79 Å². The van der Waals surface area contributed by atoms with Crippen molar-refractivity contribution in [2.24, 2.45) is 11.8 Å². The van der Waals surface area contributed by atoms with E-state index in [1.54, 1.807) is 0 Å². The zero-order chi connectivity index (χ0) is 14.6. The Labute approximate surface area is 112 Å². The van der Waals surface area contributed by atoms with Crippen LogP contribution in [0.5, 0.6) is 0 Å². The lowest BCUT2D eigenvalue weighted by atomic mass is 10.1. The number of carboxylic acids is 1. The first-order chi connectivity index (χ1) is 8.82. The van der Waals surface area contributed by atoms with Crippen LogP contribution in [-0.4, -0.2) is 29.6 Å². The zero-order valence-corrected chi connectivity index (χ0v) is 11.4. The fraction of sp³-hybridized carbons (Fsp3) is 0.615. The molecule has 6 heteroatoms. The molecule has 1 atom stereocenters. The highest BCUT2D eigenvalue weighted by Crippen LogP contribution is 2.35. The number of aliphatic carboxylic acids is 1. The van der Waals surface area contributed by atoms with Gasteiger partial charge in [0.2, 0.25) is 0 Å². The Balaban J connectivity index is 2.41. The van der Waals surface area contributed by atoms with Gasteiger partial charge in [0.1, 0.15) is 0 Å². The fourth-order valence-electron chi connectivity index (χ4n) is 1.66. The smallest absolute Gasteiger partial charge is 0.331 e. The summed E-state index contributed by atoms with van der Waals surface area (Å²) in [6, 6.07) is -0.588. The molecule has 106 valence electrons. The van der Waals surface area contributed by atoms with Crippen molar-refractivity contribution in [3.63, 3.8) is 0 Å². The normalized spacial score (nSPS) is 17.2. The Morgan fingerprint density at radius 3 is 2.26 bits per heavy atom. The van der Waals surface area contributed by atoms with E-state index in [0.29, 0.717) is 18.4 Å². The van der Waals surface area contributed by atoms with E-state index in [1.165, 1.54) is 26.7 Å². The molecule has 1 unspecified atom stereocenters. The Kier molecular flexibility index (Phi) is 5.09. The van der Waals surface area contributed by atoms with Crippen LogP contribution in [0.2, 0.25) is 0 Å². The molecule has 1 aliphatic carbocycles. The maximum Gasteiger partial charge on any atom is 0.331 e. The predicted octanol–water partition coefficient (Wildman–Crippen LogP) is 1.28. The van der Waals surface area contributed by atoms with Gasteiger partial charge in [-0.15, -0.1) is 0 Å². The van der Waals surface area contributed by atoms with Crippen LogP contribution in [0.1, 0.15) is 33.6 Å². The second-order valence-corrected chi connectivity index (χ2v) is 5.03. The zero-order valence-electron chi connectivity index (χ0n) is 11.4. The van der Waals surface area contributed by atoms with E-state index in [-0.39, 0.29) is 11.1 Å². The number of nitrogens with one attached hydrogen (secondary N) is 2. The molecule has 0 aromatic rings. The number of carboxylic acid groups (broad SMARTS) is 1. The quantitative estimate of drug-likeness (QED) is 0.654. The molecule has 1 fully saturated rings. The number of imide groups is 1. The van der Waals surface area contributed by atoms with Gasteiger partial charge in [-0.1, -0.05) is 6.92 Å². The lowest BCUT2D eigenvalue weighted by molar-refractivity contribution is -0.133. The predicted molar refractivity (Wildman–Crippen MR) is 69.4 cm³/mol. The van der Waals surface area contributed by atoms with Crippen molar-refractivity contribution in [3.8, 4) is 0 Å². The minimum Gasteiger partial charge on any atom is -0.478 e. The third-order valence-electron chi connectivity index (χ3n) is 3.46. The van der Waals surface area contributed by atoms with E-state index in [9.17, 15) is 14.4 Å². The number of urea groups is 1. The van der Waals surface area contributed by atoms with Crippen LogP contribution < -0.4 is 10.6 Å². The second kappa shape index (κ2) is 6.36. The molecule has 3 N–H and O–H groups in total. The van der Waals surface area contributed by atoms with Gasteiger partial charge in [-0.2, -0.15) is 0 Å². The van der Waals surface area contributed by atoms with Gasteiger partial charge >= 0.3 is 12.0 Å². The van der Waals surface area contributed by atoms with Gasteiger partial charge < -0.3 is 10.4 Å². The molecule has 0 aliphatic heterocycles. The Morgan fingerprint density at radius 2 is 1.79 bits per heavy atom. The molecule has 1 rings (SSSR count). The van der Waals surface area contributed by atoms with Gasteiger partial charge in [0.05, 0.1) is 0 Å². The number of carbonyl (C=O) groups is 3. The van der Waals surface area contributed by atoms with E-state index < -0.39 is 17.9 Å². The Bertz CT molecular complexity index is 424. The van der Waals surface area contributed by atoms with Crippen LogP contribution in [0.25, 0.3) is 0 Å². The highest BCUT2D eigenvalue weighted by atomic mass is 16.4. The van der Waals surface area contributed by atoms with Crippen LogP contribution in [0, 0.1) is 11.8 Å². The maximum absolute atomic E-state index is 11.6. The Morgan fingerprint density at radius 1 is 1.21 bits per heavy atom. The first kappa shape index (κ1) is 15.2. The van der Waals surface area contributed by atoms with Crippen molar-refractivity contribution in [2.45, 2.75) is 33.6 Å². The van der Waals surface area contributed by atoms with E-state index in [2.05, 4.69) is 17.6 Å². The summed E-state index contributed by atoms with van der Waals surface area (Å²) in [5.74, 6) is -0.781. The third kappa shape index (κ3) is 4.73. The topological polar surface area (TPSA) is 95.5 Å². The van der Waals surface area contributed by atoms with Crippen LogP contribution >= 0.6 is 0 Å². The molecule has 1 aliphatic rings. The largest absolute Gasteiger partial charge is 0.478 e. The number of hydrogen-bond donors (Lipinski definition) is 3. The minimum absolute atomic E-state index is 0.0258. The minimum atomic E-state index is -1.17. The van der Waals surface area contributed by atoms with Gasteiger partial charge in [-0.25, -0.2) is 9.59 Å². The van der Waals surface area contributed by atoms with Crippen molar-refractivity contribution in [3.05, 3.63) is 11.1 Å². The number of hydrogen-bond acceptors (Lipinski definition) is 3. The highest BCUT2D eigenvalue weighted by molar-refractivity contribution is 6.07. The SMILES string of the molecule is CC(C(=O)O)=C(C)C(=O)NC(=O)NCC(C)C1CC1. The van der Waals surface area contributed by atoms with Crippen molar-refractivity contribution < 1.29 is 19.5 Å². The van der Waals surface area contributed by atoms with Gasteiger partial charge in [0, 0.05) is 17.7 Å². The molecular formula is C13H20N2O4. The average molecular weight is 268 g/mol. The van der Waals surface area contributed by atoms with E-state index in [0.717, 1.165) is 0 Å². The van der Waals surface area contributed by atoms with Gasteiger partial charge in [0.25, 0.3) is 5.91 Å². The number of carbonyl (C=O) groups excluding carboxylic acids is 2. The molecule has 6 nitrogen and oxygen atoms in total. The van der Waals surface area contributed by atoms with Crippen molar-refractivity contribution in [1.29, 1.82) is 0 Å². The lowest BCUT2D eigenvalue weighted by Crippen LogP contribution is -2.42. The summed E-state index contributed by atoms with van der Waals surface area (Å²) in [5, 5.41) is 13.5. The molecule has 0 heterocycles. The molecule has 0 aromatic carbocycles. The molecule has 3 amide bonds. The first-order valence-corrected chi connectivity index (χ1v) is 6.32. The summed E-state index contributed by atoms with van der Waals surface area (Å²) < 4.78 is 0. The molecule has 0 aromatic heterocycles. The van der Waals surface area contributed by atoms with E-state index in [4.69, 9.17) is 5.11 Å². The lowest BCUT2D eigenvalue weighted by Gasteiger charge is -2.12. The Hall–Kier alpha value is -1.85. The van der Waals surface area contributed by atoms with Gasteiger partial charge in [0.15, 0.2) is 0 Å². The number of rotatable bonds is 5. The molecule has 0 saturated heterocycles. The summed E-state index contributed by atoms with van der Waals surface area (Å²) in [7, 11) is 0. The maximum atomic E-state index is 11.6. The van der Waals surface area contributed by atoms with Crippen molar-refractivity contribution in [1.82, 2.24) is 10.6 Å². The molecule has 0 bridgehead atoms. The van der Waals surface area contributed by atoms with Crippen LogP contribution in [0.3, 0.4) is 0 Å². The molecule has 1 saturated carbocycles. The average Bonchev–Trinajstić information content (AvgIpc) is 3.17. The summed E-state index contributed by atoms with van der Waals surface area (Å²) in [6.45, 7) is 5.27. The molecule has 0 radical (unpaired) electrons.